The molecule has 0 atom stereocenters. The highest BCUT2D eigenvalue weighted by Gasteiger charge is 2.03. The van der Waals surface area contributed by atoms with Gasteiger partial charge in [-0.1, -0.05) is 23.7 Å². The lowest BCUT2D eigenvalue weighted by Crippen LogP contribution is -2.10. The Balaban J connectivity index is 2.36. The van der Waals surface area contributed by atoms with Crippen LogP contribution in [0.2, 0.25) is 5.02 Å². The average Bonchev–Trinajstić information content (AvgIpc) is 2.30. The van der Waals surface area contributed by atoms with Crippen molar-refractivity contribution in [2.45, 2.75) is 6.54 Å². The molecular formula is C11H11ClN4. The maximum Gasteiger partial charge on any atom is 0.165 e. The van der Waals surface area contributed by atoms with Crippen LogP contribution >= 0.6 is 11.6 Å². The van der Waals surface area contributed by atoms with Crippen LogP contribution in [0.25, 0.3) is 11.3 Å². The molecule has 1 heterocycles. The quantitative estimate of drug-likeness (QED) is 0.882. The van der Waals surface area contributed by atoms with Gasteiger partial charge < -0.3 is 5.32 Å². The Hall–Kier alpha value is -1.52. The van der Waals surface area contributed by atoms with Crippen molar-refractivity contribution in [3.05, 3.63) is 41.3 Å². The molecule has 2 rings (SSSR count). The van der Waals surface area contributed by atoms with E-state index >= 15 is 0 Å². The average molecular weight is 235 g/mol. The van der Waals surface area contributed by atoms with Crippen molar-refractivity contribution in [2.24, 2.45) is 0 Å². The lowest BCUT2D eigenvalue weighted by atomic mass is 10.2. The van der Waals surface area contributed by atoms with Crippen molar-refractivity contribution in [1.82, 2.24) is 20.5 Å². The molecule has 0 unspecified atom stereocenters. The van der Waals surface area contributed by atoms with Crippen LogP contribution in [0, 0.1) is 0 Å². The Kier molecular flexibility index (Phi) is 3.44. The molecule has 0 fully saturated rings. The van der Waals surface area contributed by atoms with Crippen LogP contribution in [0.4, 0.5) is 0 Å². The van der Waals surface area contributed by atoms with Gasteiger partial charge in [-0.3, -0.25) is 0 Å². The smallest absolute Gasteiger partial charge is 0.165 e. The second-order valence-electron chi connectivity index (χ2n) is 3.30. The van der Waals surface area contributed by atoms with Crippen LogP contribution in [-0.2, 0) is 6.54 Å². The molecule has 0 saturated heterocycles. The summed E-state index contributed by atoms with van der Waals surface area (Å²) in [6, 6.07) is 7.51. The number of rotatable bonds is 3. The molecule has 0 aliphatic rings. The van der Waals surface area contributed by atoms with Gasteiger partial charge in [0.1, 0.15) is 0 Å². The molecule has 1 N–H and O–H groups in total. The fourth-order valence-corrected chi connectivity index (χ4v) is 1.55. The lowest BCUT2D eigenvalue weighted by Gasteiger charge is -2.02. The molecule has 0 aliphatic carbocycles. The Labute approximate surface area is 98.7 Å². The number of benzene rings is 1. The summed E-state index contributed by atoms with van der Waals surface area (Å²) >= 11 is 5.92. The molecule has 0 amide bonds. The topological polar surface area (TPSA) is 50.7 Å². The molecule has 0 spiro atoms. The first kappa shape index (κ1) is 11.0. The predicted molar refractivity (Wildman–Crippen MR) is 63.0 cm³/mol. The fraction of sp³-hybridized carbons (Fsp3) is 0.182. The number of nitrogens with one attached hydrogen (secondary N) is 1. The minimum absolute atomic E-state index is 0.599. The van der Waals surface area contributed by atoms with Gasteiger partial charge in [0, 0.05) is 10.6 Å². The third-order valence-electron chi connectivity index (χ3n) is 2.06. The van der Waals surface area contributed by atoms with Crippen LogP contribution in [-0.4, -0.2) is 22.2 Å². The van der Waals surface area contributed by atoms with Gasteiger partial charge in [0.25, 0.3) is 0 Å². The van der Waals surface area contributed by atoms with E-state index in [1.807, 2.05) is 31.3 Å². The highest BCUT2D eigenvalue weighted by molar-refractivity contribution is 6.30. The standard InChI is InChI=1S/C11H11ClN4/c1-13-7-11-15-10(6-14-16-11)8-3-2-4-9(12)5-8/h2-6,13H,7H2,1H3. The van der Waals surface area contributed by atoms with Crippen molar-refractivity contribution in [1.29, 1.82) is 0 Å². The molecule has 5 heteroatoms. The molecule has 2 aromatic rings. The lowest BCUT2D eigenvalue weighted by molar-refractivity contribution is 0.731. The zero-order valence-electron chi connectivity index (χ0n) is 8.81. The second kappa shape index (κ2) is 5.01. The molecule has 0 aliphatic heterocycles. The maximum atomic E-state index is 5.92. The Morgan fingerprint density at radius 3 is 3.00 bits per heavy atom. The second-order valence-corrected chi connectivity index (χ2v) is 3.73. The van der Waals surface area contributed by atoms with Crippen molar-refractivity contribution in [2.75, 3.05) is 7.05 Å². The summed E-state index contributed by atoms with van der Waals surface area (Å²) in [6.45, 7) is 0.599. The molecular weight excluding hydrogens is 224 g/mol. The van der Waals surface area contributed by atoms with Gasteiger partial charge >= 0.3 is 0 Å². The first-order valence-electron chi connectivity index (χ1n) is 4.89. The SMILES string of the molecule is CNCc1nncc(-c2cccc(Cl)c2)n1. The zero-order chi connectivity index (χ0) is 11.4. The summed E-state index contributed by atoms with van der Waals surface area (Å²) in [5.74, 6) is 0.667. The van der Waals surface area contributed by atoms with Gasteiger partial charge in [-0.15, -0.1) is 5.10 Å². The van der Waals surface area contributed by atoms with Gasteiger partial charge in [-0.25, -0.2) is 4.98 Å². The minimum Gasteiger partial charge on any atom is -0.313 e. The number of nitrogens with zero attached hydrogens (tertiary/aromatic N) is 3. The Morgan fingerprint density at radius 2 is 2.25 bits per heavy atom. The van der Waals surface area contributed by atoms with Crippen molar-refractivity contribution in [3.8, 4) is 11.3 Å². The van der Waals surface area contributed by atoms with E-state index in [0.29, 0.717) is 17.4 Å². The summed E-state index contributed by atoms with van der Waals surface area (Å²) in [5, 5.41) is 11.5. The molecule has 82 valence electrons. The molecule has 4 nitrogen and oxygen atoms in total. The van der Waals surface area contributed by atoms with E-state index in [9.17, 15) is 0 Å². The van der Waals surface area contributed by atoms with Gasteiger partial charge in [-0.05, 0) is 19.2 Å². The highest BCUT2D eigenvalue weighted by Crippen LogP contribution is 2.19. The number of aromatic nitrogens is 3. The number of hydrogen-bond acceptors (Lipinski definition) is 4. The van der Waals surface area contributed by atoms with E-state index in [0.717, 1.165) is 11.3 Å². The summed E-state index contributed by atoms with van der Waals surface area (Å²) < 4.78 is 0. The monoisotopic (exact) mass is 234 g/mol. The third-order valence-corrected chi connectivity index (χ3v) is 2.29. The van der Waals surface area contributed by atoms with Crippen molar-refractivity contribution >= 4 is 11.6 Å². The fourth-order valence-electron chi connectivity index (χ4n) is 1.36. The first-order valence-corrected chi connectivity index (χ1v) is 5.26. The maximum absolute atomic E-state index is 5.92. The number of halogens is 1. The largest absolute Gasteiger partial charge is 0.313 e. The van der Waals surface area contributed by atoms with Gasteiger partial charge in [-0.2, -0.15) is 5.10 Å². The summed E-state index contributed by atoms with van der Waals surface area (Å²) in [4.78, 5) is 4.38. The van der Waals surface area contributed by atoms with Crippen molar-refractivity contribution < 1.29 is 0 Å². The summed E-state index contributed by atoms with van der Waals surface area (Å²) in [7, 11) is 1.84. The van der Waals surface area contributed by atoms with Gasteiger partial charge in [0.2, 0.25) is 0 Å². The van der Waals surface area contributed by atoms with E-state index < -0.39 is 0 Å². The van der Waals surface area contributed by atoms with E-state index in [-0.39, 0.29) is 0 Å². The van der Waals surface area contributed by atoms with E-state index in [1.165, 1.54) is 0 Å². The molecule has 16 heavy (non-hydrogen) atoms. The van der Waals surface area contributed by atoms with Crippen LogP contribution in [0.3, 0.4) is 0 Å². The normalized spacial score (nSPS) is 10.4. The van der Waals surface area contributed by atoms with Crippen LogP contribution in [0.15, 0.2) is 30.5 Å². The Bertz CT molecular complexity index is 487. The summed E-state index contributed by atoms with van der Waals surface area (Å²) in [5.41, 5.74) is 1.72. The van der Waals surface area contributed by atoms with E-state index in [4.69, 9.17) is 11.6 Å². The van der Waals surface area contributed by atoms with E-state index in [2.05, 4.69) is 20.5 Å². The minimum atomic E-state index is 0.599. The van der Waals surface area contributed by atoms with Crippen molar-refractivity contribution in [3.63, 3.8) is 0 Å². The number of hydrogen-bond donors (Lipinski definition) is 1. The third kappa shape index (κ3) is 2.53. The molecule has 1 aromatic carbocycles. The predicted octanol–water partition coefficient (Wildman–Crippen LogP) is 1.91. The van der Waals surface area contributed by atoms with E-state index in [1.54, 1.807) is 6.20 Å². The molecule has 0 saturated carbocycles. The molecule has 1 aromatic heterocycles. The Morgan fingerprint density at radius 1 is 1.38 bits per heavy atom. The highest BCUT2D eigenvalue weighted by atomic mass is 35.5. The van der Waals surface area contributed by atoms with Gasteiger partial charge in [0.15, 0.2) is 5.82 Å². The van der Waals surface area contributed by atoms with Crippen LogP contribution in [0.5, 0.6) is 0 Å². The molecule has 0 radical (unpaired) electrons. The van der Waals surface area contributed by atoms with Gasteiger partial charge in [0.05, 0.1) is 18.4 Å². The first-order chi connectivity index (χ1) is 7.79. The van der Waals surface area contributed by atoms with Crippen LogP contribution in [0.1, 0.15) is 5.82 Å². The zero-order valence-corrected chi connectivity index (χ0v) is 9.57. The van der Waals surface area contributed by atoms with Crippen LogP contribution < -0.4 is 5.32 Å². The molecule has 0 bridgehead atoms. The summed E-state index contributed by atoms with van der Waals surface area (Å²) in [6.07, 6.45) is 1.63.